The lowest BCUT2D eigenvalue weighted by Crippen LogP contribution is -2.19. The van der Waals surface area contributed by atoms with Crippen LogP contribution in [0.15, 0.2) is 30.7 Å². The lowest BCUT2D eigenvalue weighted by atomic mass is 10.1. The Balaban J connectivity index is 2.15. The van der Waals surface area contributed by atoms with E-state index in [0.29, 0.717) is 0 Å². The number of nitrogens with zero attached hydrogens (tertiary/aromatic N) is 3. The number of pyridine rings is 1. The molecule has 4 heteroatoms. The number of aromatic nitrogens is 3. The van der Waals surface area contributed by atoms with Gasteiger partial charge in [0.2, 0.25) is 0 Å². The van der Waals surface area contributed by atoms with Crippen molar-refractivity contribution < 1.29 is 0 Å². The molecule has 0 saturated carbocycles. The fourth-order valence-corrected chi connectivity index (χ4v) is 2.14. The summed E-state index contributed by atoms with van der Waals surface area (Å²) in [5.74, 6) is 0.845. The van der Waals surface area contributed by atoms with Gasteiger partial charge in [-0.2, -0.15) is 0 Å². The Morgan fingerprint density at radius 1 is 1.32 bits per heavy atom. The summed E-state index contributed by atoms with van der Waals surface area (Å²) in [7, 11) is 0. The van der Waals surface area contributed by atoms with Crippen LogP contribution in [0, 0.1) is 6.92 Å². The highest BCUT2D eigenvalue weighted by Gasteiger charge is 2.10. The van der Waals surface area contributed by atoms with Crippen LogP contribution in [0.5, 0.6) is 0 Å². The summed E-state index contributed by atoms with van der Waals surface area (Å²) >= 11 is 0. The molecule has 0 aliphatic heterocycles. The van der Waals surface area contributed by atoms with Gasteiger partial charge in [0.15, 0.2) is 0 Å². The Bertz CT molecular complexity index is 525. The van der Waals surface area contributed by atoms with E-state index in [1.165, 1.54) is 0 Å². The summed E-state index contributed by atoms with van der Waals surface area (Å²) < 4.78 is 0. The van der Waals surface area contributed by atoms with Gasteiger partial charge in [-0.15, -0.1) is 0 Å². The van der Waals surface area contributed by atoms with E-state index < -0.39 is 0 Å². The van der Waals surface area contributed by atoms with E-state index >= 15 is 0 Å². The van der Waals surface area contributed by atoms with Gasteiger partial charge in [-0.25, -0.2) is 9.97 Å². The minimum Gasteiger partial charge on any atom is -0.310 e. The summed E-state index contributed by atoms with van der Waals surface area (Å²) in [6.07, 6.45) is 6.29. The summed E-state index contributed by atoms with van der Waals surface area (Å²) in [6.45, 7) is 7.22. The molecule has 0 amide bonds. The van der Waals surface area contributed by atoms with E-state index in [-0.39, 0.29) is 6.04 Å². The second-order valence-corrected chi connectivity index (χ2v) is 4.64. The second-order valence-electron chi connectivity index (χ2n) is 4.64. The van der Waals surface area contributed by atoms with Crippen LogP contribution in [0.3, 0.4) is 0 Å². The molecule has 100 valence electrons. The number of rotatable bonds is 5. The van der Waals surface area contributed by atoms with Crippen molar-refractivity contribution in [1.29, 1.82) is 0 Å². The molecule has 1 unspecified atom stereocenters. The molecule has 0 aliphatic rings. The first-order chi connectivity index (χ1) is 9.20. The topological polar surface area (TPSA) is 50.7 Å². The van der Waals surface area contributed by atoms with Crippen LogP contribution in [0.25, 0.3) is 0 Å². The summed E-state index contributed by atoms with van der Waals surface area (Å²) in [6, 6.07) is 4.27. The largest absolute Gasteiger partial charge is 0.310 e. The molecule has 1 atom stereocenters. The third kappa shape index (κ3) is 3.58. The number of aryl methyl sites for hydroxylation is 1. The average molecular weight is 256 g/mol. The molecule has 2 rings (SSSR count). The van der Waals surface area contributed by atoms with Gasteiger partial charge in [0, 0.05) is 42.3 Å². The van der Waals surface area contributed by atoms with Gasteiger partial charge in [0.25, 0.3) is 0 Å². The van der Waals surface area contributed by atoms with Gasteiger partial charge in [-0.05, 0) is 32.0 Å². The predicted octanol–water partition coefficient (Wildman–Crippen LogP) is 2.44. The average Bonchev–Trinajstić information content (AvgIpc) is 2.40. The van der Waals surface area contributed by atoms with Crippen molar-refractivity contribution in [2.45, 2.75) is 33.2 Å². The van der Waals surface area contributed by atoms with Crippen molar-refractivity contribution in [3.63, 3.8) is 0 Å². The molecule has 0 spiro atoms. The monoisotopic (exact) mass is 256 g/mol. The van der Waals surface area contributed by atoms with Gasteiger partial charge in [0.05, 0.1) is 0 Å². The molecule has 2 aromatic heterocycles. The SMILES string of the molecule is CCNC(C)c1cnc(Cc2cccnc2)nc1C. The molecule has 0 radical (unpaired) electrons. The molecule has 0 saturated heterocycles. The van der Waals surface area contributed by atoms with Gasteiger partial charge in [-0.3, -0.25) is 4.98 Å². The van der Waals surface area contributed by atoms with Crippen LogP contribution in [0.1, 0.15) is 42.5 Å². The summed E-state index contributed by atoms with van der Waals surface area (Å²) in [5.41, 5.74) is 3.34. The van der Waals surface area contributed by atoms with Crippen molar-refractivity contribution in [3.8, 4) is 0 Å². The van der Waals surface area contributed by atoms with E-state index in [0.717, 1.165) is 35.6 Å². The minimum absolute atomic E-state index is 0.289. The standard InChI is InChI=1S/C15H20N4/c1-4-17-11(2)14-10-18-15(19-12(14)3)8-13-6-5-7-16-9-13/h5-7,9-11,17H,4,8H2,1-3H3. The minimum atomic E-state index is 0.289. The zero-order valence-electron chi connectivity index (χ0n) is 11.7. The van der Waals surface area contributed by atoms with E-state index in [1.54, 1.807) is 6.20 Å². The lowest BCUT2D eigenvalue weighted by molar-refractivity contribution is 0.588. The third-order valence-corrected chi connectivity index (χ3v) is 3.13. The first-order valence-corrected chi connectivity index (χ1v) is 6.65. The molecule has 0 aliphatic carbocycles. The lowest BCUT2D eigenvalue weighted by Gasteiger charge is -2.14. The molecule has 19 heavy (non-hydrogen) atoms. The van der Waals surface area contributed by atoms with Crippen molar-refractivity contribution in [2.24, 2.45) is 0 Å². The van der Waals surface area contributed by atoms with Crippen LogP contribution >= 0.6 is 0 Å². The van der Waals surface area contributed by atoms with Crippen LogP contribution in [0.4, 0.5) is 0 Å². The Kier molecular flexibility index (Phi) is 4.58. The molecule has 4 nitrogen and oxygen atoms in total. The van der Waals surface area contributed by atoms with E-state index in [1.807, 2.05) is 31.5 Å². The first kappa shape index (κ1) is 13.6. The van der Waals surface area contributed by atoms with Gasteiger partial charge in [-0.1, -0.05) is 13.0 Å². The Labute approximate surface area is 114 Å². The molecule has 0 fully saturated rings. The van der Waals surface area contributed by atoms with Gasteiger partial charge >= 0.3 is 0 Å². The highest BCUT2D eigenvalue weighted by atomic mass is 14.9. The van der Waals surface area contributed by atoms with Crippen LogP contribution in [-0.4, -0.2) is 21.5 Å². The predicted molar refractivity (Wildman–Crippen MR) is 75.9 cm³/mol. The quantitative estimate of drug-likeness (QED) is 0.892. The molecule has 2 heterocycles. The maximum atomic E-state index is 4.59. The smallest absolute Gasteiger partial charge is 0.132 e. The molecule has 0 aromatic carbocycles. The van der Waals surface area contributed by atoms with Crippen LogP contribution in [0.2, 0.25) is 0 Å². The van der Waals surface area contributed by atoms with Crippen molar-refractivity contribution in [2.75, 3.05) is 6.54 Å². The van der Waals surface area contributed by atoms with Gasteiger partial charge in [0.1, 0.15) is 5.82 Å². The first-order valence-electron chi connectivity index (χ1n) is 6.65. The maximum Gasteiger partial charge on any atom is 0.132 e. The summed E-state index contributed by atoms with van der Waals surface area (Å²) in [4.78, 5) is 13.2. The highest BCUT2D eigenvalue weighted by molar-refractivity contribution is 5.22. The van der Waals surface area contributed by atoms with E-state index in [9.17, 15) is 0 Å². The fourth-order valence-electron chi connectivity index (χ4n) is 2.14. The third-order valence-electron chi connectivity index (χ3n) is 3.13. The van der Waals surface area contributed by atoms with Crippen molar-refractivity contribution in [1.82, 2.24) is 20.3 Å². The number of nitrogens with one attached hydrogen (secondary N) is 1. The molecular weight excluding hydrogens is 236 g/mol. The fraction of sp³-hybridized carbons (Fsp3) is 0.400. The molecular formula is C15H20N4. The van der Waals surface area contributed by atoms with Crippen molar-refractivity contribution in [3.05, 3.63) is 53.4 Å². The Morgan fingerprint density at radius 2 is 2.16 bits per heavy atom. The zero-order valence-corrected chi connectivity index (χ0v) is 11.7. The maximum absolute atomic E-state index is 4.59. The van der Waals surface area contributed by atoms with Crippen molar-refractivity contribution >= 4 is 0 Å². The van der Waals surface area contributed by atoms with E-state index in [4.69, 9.17) is 0 Å². The molecule has 0 bridgehead atoms. The van der Waals surface area contributed by atoms with Gasteiger partial charge < -0.3 is 5.32 Å². The Hall–Kier alpha value is -1.81. The number of hydrogen-bond acceptors (Lipinski definition) is 4. The normalized spacial score (nSPS) is 12.4. The number of hydrogen-bond donors (Lipinski definition) is 1. The Morgan fingerprint density at radius 3 is 2.79 bits per heavy atom. The zero-order chi connectivity index (χ0) is 13.7. The molecule has 1 N–H and O–H groups in total. The van der Waals surface area contributed by atoms with Crippen LogP contribution in [-0.2, 0) is 6.42 Å². The second kappa shape index (κ2) is 6.38. The highest BCUT2D eigenvalue weighted by Crippen LogP contribution is 2.15. The van der Waals surface area contributed by atoms with Crippen LogP contribution < -0.4 is 5.32 Å². The summed E-state index contributed by atoms with van der Waals surface area (Å²) in [5, 5.41) is 3.38. The van der Waals surface area contributed by atoms with E-state index in [2.05, 4.69) is 34.1 Å². The molecule has 2 aromatic rings.